The molecular weight excluding hydrogens is 542 g/mol. The molecule has 41 heavy (non-hydrogen) atoms. The highest BCUT2D eigenvalue weighted by Gasteiger charge is 2.34. The van der Waals surface area contributed by atoms with E-state index in [0.717, 1.165) is 9.87 Å². The van der Waals surface area contributed by atoms with Gasteiger partial charge in [-0.05, 0) is 69.2 Å². The van der Waals surface area contributed by atoms with Gasteiger partial charge in [0, 0.05) is 18.2 Å². The second-order valence-electron chi connectivity index (χ2n) is 10.6. The number of nitrogens with zero attached hydrogens (tertiary/aromatic N) is 2. The SMILES string of the molecule is CC[C@@H](C(=O)NC(C)(C)C)N(Cc1cccc(OC)c1)C(=O)CN(c1cccc(OC)c1)S(=O)(=O)c1ccccc1. The van der Waals surface area contributed by atoms with Crippen molar-refractivity contribution in [2.45, 2.75) is 57.1 Å². The van der Waals surface area contributed by atoms with Gasteiger partial charge in [0.2, 0.25) is 11.8 Å². The van der Waals surface area contributed by atoms with Gasteiger partial charge < -0.3 is 19.7 Å². The van der Waals surface area contributed by atoms with Crippen LogP contribution in [0.1, 0.15) is 39.7 Å². The lowest BCUT2D eigenvalue weighted by Crippen LogP contribution is -2.55. The number of methoxy groups -OCH3 is 2. The number of carbonyl (C=O) groups is 2. The number of amides is 2. The average Bonchev–Trinajstić information content (AvgIpc) is 2.95. The molecule has 1 atom stereocenters. The lowest BCUT2D eigenvalue weighted by atomic mass is 10.1. The summed E-state index contributed by atoms with van der Waals surface area (Å²) < 4.78 is 39.6. The van der Waals surface area contributed by atoms with Crippen molar-refractivity contribution in [1.29, 1.82) is 0 Å². The number of hydrogen-bond acceptors (Lipinski definition) is 6. The van der Waals surface area contributed by atoms with E-state index in [2.05, 4.69) is 5.32 Å². The zero-order chi connectivity index (χ0) is 30.2. The van der Waals surface area contributed by atoms with Crippen molar-refractivity contribution in [1.82, 2.24) is 10.2 Å². The summed E-state index contributed by atoms with van der Waals surface area (Å²) in [5.41, 5.74) is 0.465. The van der Waals surface area contributed by atoms with Crippen LogP contribution in [0.2, 0.25) is 0 Å². The summed E-state index contributed by atoms with van der Waals surface area (Å²) in [5.74, 6) is 0.181. The Morgan fingerprint density at radius 2 is 1.49 bits per heavy atom. The quantitative estimate of drug-likeness (QED) is 0.335. The van der Waals surface area contributed by atoms with Crippen molar-refractivity contribution in [3.05, 3.63) is 84.4 Å². The third-order valence-corrected chi connectivity index (χ3v) is 8.11. The molecule has 3 aromatic rings. The maximum absolute atomic E-state index is 14.2. The first-order chi connectivity index (χ1) is 19.4. The van der Waals surface area contributed by atoms with Crippen molar-refractivity contribution < 1.29 is 27.5 Å². The summed E-state index contributed by atoms with van der Waals surface area (Å²) in [5, 5.41) is 2.96. The topological polar surface area (TPSA) is 105 Å². The fourth-order valence-electron chi connectivity index (χ4n) is 4.35. The molecule has 0 aromatic heterocycles. The lowest BCUT2D eigenvalue weighted by molar-refractivity contribution is -0.141. The Kier molecular flexibility index (Phi) is 10.4. The van der Waals surface area contributed by atoms with Gasteiger partial charge in [-0.3, -0.25) is 13.9 Å². The molecule has 0 saturated heterocycles. The average molecular weight is 582 g/mol. The van der Waals surface area contributed by atoms with Crippen LogP contribution in [0.15, 0.2) is 83.8 Å². The van der Waals surface area contributed by atoms with Gasteiger partial charge in [-0.15, -0.1) is 0 Å². The van der Waals surface area contributed by atoms with Crippen LogP contribution in [0.3, 0.4) is 0 Å². The Bertz CT molecular complexity index is 1440. The predicted octanol–water partition coefficient (Wildman–Crippen LogP) is 4.62. The molecule has 1 N–H and O–H groups in total. The molecule has 0 aliphatic carbocycles. The van der Waals surface area contributed by atoms with Crippen LogP contribution in [0.25, 0.3) is 0 Å². The molecule has 2 amide bonds. The van der Waals surface area contributed by atoms with Crippen molar-refractivity contribution >= 4 is 27.5 Å². The second kappa shape index (κ2) is 13.5. The first-order valence-corrected chi connectivity index (χ1v) is 14.8. The van der Waals surface area contributed by atoms with Crippen LogP contribution >= 0.6 is 0 Å². The van der Waals surface area contributed by atoms with Crippen LogP contribution in [0.5, 0.6) is 11.5 Å². The van der Waals surface area contributed by atoms with E-state index in [1.165, 1.54) is 24.1 Å². The molecule has 0 radical (unpaired) electrons. The summed E-state index contributed by atoms with van der Waals surface area (Å²) in [6.45, 7) is 6.95. The summed E-state index contributed by atoms with van der Waals surface area (Å²) >= 11 is 0. The molecule has 0 unspecified atom stereocenters. The third-order valence-electron chi connectivity index (χ3n) is 6.32. The van der Waals surface area contributed by atoms with Gasteiger partial charge in [0.25, 0.3) is 10.0 Å². The number of benzene rings is 3. The Labute approximate surface area is 243 Å². The molecule has 9 nitrogen and oxygen atoms in total. The maximum atomic E-state index is 14.2. The molecule has 3 aromatic carbocycles. The fraction of sp³-hybridized carbons (Fsp3) is 0.355. The second-order valence-corrected chi connectivity index (χ2v) is 12.4. The van der Waals surface area contributed by atoms with E-state index in [-0.39, 0.29) is 23.0 Å². The molecule has 0 aliphatic heterocycles. The molecule has 0 heterocycles. The van der Waals surface area contributed by atoms with Gasteiger partial charge in [-0.2, -0.15) is 0 Å². The van der Waals surface area contributed by atoms with Gasteiger partial charge in [0.05, 0.1) is 24.8 Å². The van der Waals surface area contributed by atoms with Gasteiger partial charge in [-0.25, -0.2) is 8.42 Å². The molecule has 0 saturated carbocycles. The van der Waals surface area contributed by atoms with Gasteiger partial charge in [0.1, 0.15) is 24.1 Å². The highest BCUT2D eigenvalue weighted by atomic mass is 32.2. The monoisotopic (exact) mass is 581 g/mol. The van der Waals surface area contributed by atoms with Gasteiger partial charge in [-0.1, -0.05) is 43.3 Å². The highest BCUT2D eigenvalue weighted by Crippen LogP contribution is 2.28. The van der Waals surface area contributed by atoms with Crippen molar-refractivity contribution in [3.8, 4) is 11.5 Å². The van der Waals surface area contributed by atoms with Gasteiger partial charge in [0.15, 0.2) is 0 Å². The number of rotatable bonds is 12. The van der Waals surface area contributed by atoms with Crippen molar-refractivity contribution in [2.75, 3.05) is 25.1 Å². The summed E-state index contributed by atoms with van der Waals surface area (Å²) in [6.07, 6.45) is 0.322. The Morgan fingerprint density at radius 3 is 2.07 bits per heavy atom. The molecule has 10 heteroatoms. The summed E-state index contributed by atoms with van der Waals surface area (Å²) in [6, 6.07) is 20.8. The maximum Gasteiger partial charge on any atom is 0.264 e. The zero-order valence-corrected chi connectivity index (χ0v) is 25.3. The summed E-state index contributed by atoms with van der Waals surface area (Å²) in [7, 11) is -1.13. The van der Waals surface area contributed by atoms with E-state index in [4.69, 9.17) is 9.47 Å². The van der Waals surface area contributed by atoms with E-state index < -0.39 is 34.1 Å². The number of hydrogen-bond donors (Lipinski definition) is 1. The minimum absolute atomic E-state index is 0.0347. The molecule has 0 fully saturated rings. The van der Waals surface area contributed by atoms with Crippen LogP contribution < -0.4 is 19.1 Å². The normalized spacial score (nSPS) is 12.2. The summed E-state index contributed by atoms with van der Waals surface area (Å²) in [4.78, 5) is 29.1. The molecule has 220 valence electrons. The minimum atomic E-state index is -4.16. The number of anilines is 1. The molecule has 0 bridgehead atoms. The first-order valence-electron chi connectivity index (χ1n) is 13.4. The molecule has 0 spiro atoms. The van der Waals surface area contributed by atoms with E-state index in [1.807, 2.05) is 33.8 Å². The Morgan fingerprint density at radius 1 is 0.878 bits per heavy atom. The van der Waals surface area contributed by atoms with Crippen molar-refractivity contribution in [3.63, 3.8) is 0 Å². The number of carbonyl (C=O) groups excluding carboxylic acids is 2. The van der Waals surface area contributed by atoms with Crippen LogP contribution in [-0.2, 0) is 26.2 Å². The van der Waals surface area contributed by atoms with E-state index >= 15 is 0 Å². The zero-order valence-electron chi connectivity index (χ0n) is 24.5. The minimum Gasteiger partial charge on any atom is -0.497 e. The smallest absolute Gasteiger partial charge is 0.264 e. The Hall–Kier alpha value is -4.05. The van der Waals surface area contributed by atoms with Crippen LogP contribution in [0.4, 0.5) is 5.69 Å². The predicted molar refractivity (Wildman–Crippen MR) is 159 cm³/mol. The Balaban J connectivity index is 2.09. The van der Waals surface area contributed by atoms with E-state index in [9.17, 15) is 18.0 Å². The molecular formula is C31H39N3O6S. The molecule has 3 rings (SSSR count). The third kappa shape index (κ3) is 8.23. The fourth-order valence-corrected chi connectivity index (χ4v) is 5.78. The molecule has 0 aliphatic rings. The first kappa shape index (κ1) is 31.5. The van der Waals surface area contributed by atoms with E-state index in [0.29, 0.717) is 17.9 Å². The number of nitrogens with one attached hydrogen (secondary N) is 1. The van der Waals surface area contributed by atoms with Crippen LogP contribution in [-0.4, -0.2) is 57.5 Å². The van der Waals surface area contributed by atoms with Crippen LogP contribution in [0, 0.1) is 0 Å². The van der Waals surface area contributed by atoms with E-state index in [1.54, 1.807) is 67.8 Å². The largest absolute Gasteiger partial charge is 0.497 e. The van der Waals surface area contributed by atoms with Gasteiger partial charge >= 0.3 is 0 Å². The number of ether oxygens (including phenoxy) is 2. The van der Waals surface area contributed by atoms with Crippen molar-refractivity contribution in [2.24, 2.45) is 0 Å². The standard InChI is InChI=1S/C31H39N3O6S/c1-7-28(30(36)32-31(2,3)4)33(21-23-13-11-15-25(19-23)39-5)29(35)22-34(24-14-12-16-26(20-24)40-6)41(37,38)27-17-9-8-10-18-27/h8-20,28H,7,21-22H2,1-6H3,(H,32,36)/t28-/m0/s1. The highest BCUT2D eigenvalue weighted by molar-refractivity contribution is 7.92. The number of sulfonamides is 1. The lowest BCUT2D eigenvalue weighted by Gasteiger charge is -2.34.